The third-order valence-corrected chi connectivity index (χ3v) is 3.47. The van der Waals surface area contributed by atoms with Crippen LogP contribution in [0.3, 0.4) is 0 Å². The summed E-state index contributed by atoms with van der Waals surface area (Å²) in [5.74, 6) is 0.0177. The topological polar surface area (TPSA) is 61.4 Å². The number of Topliss-reactive ketones (excluding diaryl/α,β-unsaturated/α-hetero) is 1. The molecule has 5 nitrogen and oxygen atoms in total. The zero-order chi connectivity index (χ0) is 14.5. The van der Waals surface area contributed by atoms with Crippen molar-refractivity contribution in [3.63, 3.8) is 0 Å². The van der Waals surface area contributed by atoms with Crippen LogP contribution in [-0.4, -0.2) is 42.9 Å². The van der Waals surface area contributed by atoms with E-state index in [0.717, 1.165) is 6.54 Å². The molecule has 0 spiro atoms. The van der Waals surface area contributed by atoms with Crippen molar-refractivity contribution in [2.24, 2.45) is 0 Å². The molecule has 2 N–H and O–H groups in total. The summed E-state index contributed by atoms with van der Waals surface area (Å²) in [6, 6.07) is 7.36. The number of likely N-dealkylation sites (N-methyl/N-ethyl adjacent to an activating group) is 1. The molecule has 1 fully saturated rings. The lowest BCUT2D eigenvalue weighted by Gasteiger charge is -2.15. The molecule has 2 amide bonds. The maximum Gasteiger partial charge on any atom is 0.319 e. The maximum atomic E-state index is 11.7. The van der Waals surface area contributed by atoms with E-state index in [1.807, 2.05) is 0 Å². The van der Waals surface area contributed by atoms with Crippen LogP contribution in [0.2, 0.25) is 0 Å². The first kappa shape index (κ1) is 14.5. The van der Waals surface area contributed by atoms with Gasteiger partial charge in [-0.05, 0) is 51.1 Å². The number of benzene rings is 1. The van der Waals surface area contributed by atoms with Gasteiger partial charge < -0.3 is 15.5 Å². The van der Waals surface area contributed by atoms with Gasteiger partial charge in [-0.15, -0.1) is 0 Å². The predicted molar refractivity (Wildman–Crippen MR) is 79.1 cm³/mol. The van der Waals surface area contributed by atoms with Crippen LogP contribution in [0.5, 0.6) is 0 Å². The third kappa shape index (κ3) is 4.35. The second-order valence-corrected chi connectivity index (χ2v) is 5.23. The van der Waals surface area contributed by atoms with Crippen molar-refractivity contribution in [2.75, 3.05) is 25.5 Å². The number of hydrogen-bond donors (Lipinski definition) is 2. The molecule has 0 bridgehead atoms. The highest BCUT2D eigenvalue weighted by atomic mass is 16.2. The second-order valence-electron chi connectivity index (χ2n) is 5.23. The SMILES string of the molecule is CC(=O)c1ccc(NC(=O)NCCN(C)C2CC2)cc1. The minimum absolute atomic E-state index is 0.0177. The van der Waals surface area contributed by atoms with Gasteiger partial charge in [0.05, 0.1) is 0 Å². The molecule has 20 heavy (non-hydrogen) atoms. The number of hydrogen-bond acceptors (Lipinski definition) is 3. The predicted octanol–water partition coefficient (Wildman–Crippen LogP) is 2.10. The fourth-order valence-electron chi connectivity index (χ4n) is 2.01. The standard InChI is InChI=1S/C15H21N3O2/c1-11(19)12-3-5-13(6-4-12)17-15(20)16-9-10-18(2)14-7-8-14/h3-6,14H,7-10H2,1-2H3,(H2,16,17,20). The minimum atomic E-state index is -0.218. The Hall–Kier alpha value is -1.88. The van der Waals surface area contributed by atoms with Crippen LogP contribution in [0.15, 0.2) is 24.3 Å². The van der Waals surface area contributed by atoms with E-state index in [1.165, 1.54) is 19.8 Å². The molecule has 0 aliphatic heterocycles. The van der Waals surface area contributed by atoms with Crippen molar-refractivity contribution in [3.8, 4) is 0 Å². The smallest absolute Gasteiger partial charge is 0.319 e. The van der Waals surface area contributed by atoms with Crippen LogP contribution in [0, 0.1) is 0 Å². The zero-order valence-corrected chi connectivity index (χ0v) is 12.0. The summed E-state index contributed by atoms with van der Waals surface area (Å²) in [5, 5.41) is 5.57. The van der Waals surface area contributed by atoms with Crippen LogP contribution < -0.4 is 10.6 Å². The van der Waals surface area contributed by atoms with Crippen LogP contribution in [0.25, 0.3) is 0 Å². The molecular formula is C15H21N3O2. The van der Waals surface area contributed by atoms with Gasteiger partial charge in [-0.25, -0.2) is 4.79 Å². The van der Waals surface area contributed by atoms with Crippen molar-refractivity contribution in [3.05, 3.63) is 29.8 Å². The summed E-state index contributed by atoms with van der Waals surface area (Å²) in [6.07, 6.45) is 2.54. The van der Waals surface area contributed by atoms with Gasteiger partial charge in [-0.3, -0.25) is 4.79 Å². The number of carbonyl (C=O) groups is 2. The minimum Gasteiger partial charge on any atom is -0.337 e. The Kier molecular flexibility index (Phi) is 4.74. The van der Waals surface area contributed by atoms with Crippen LogP contribution >= 0.6 is 0 Å². The van der Waals surface area contributed by atoms with Gasteiger partial charge in [-0.1, -0.05) is 0 Å². The normalized spacial score (nSPS) is 14.2. The molecule has 2 rings (SSSR count). The summed E-state index contributed by atoms with van der Waals surface area (Å²) in [5.41, 5.74) is 1.32. The van der Waals surface area contributed by atoms with E-state index in [1.54, 1.807) is 24.3 Å². The molecule has 5 heteroatoms. The second kappa shape index (κ2) is 6.52. The quantitative estimate of drug-likeness (QED) is 0.782. The molecule has 1 aromatic carbocycles. The average molecular weight is 275 g/mol. The van der Waals surface area contributed by atoms with Crippen molar-refractivity contribution < 1.29 is 9.59 Å². The summed E-state index contributed by atoms with van der Waals surface area (Å²) >= 11 is 0. The lowest BCUT2D eigenvalue weighted by Crippen LogP contribution is -2.36. The molecule has 108 valence electrons. The Labute approximate surface area is 119 Å². The first-order valence-corrected chi connectivity index (χ1v) is 6.92. The van der Waals surface area contributed by atoms with Gasteiger partial charge in [-0.2, -0.15) is 0 Å². The fraction of sp³-hybridized carbons (Fsp3) is 0.467. The van der Waals surface area contributed by atoms with Gasteiger partial charge in [0.15, 0.2) is 5.78 Å². The highest BCUT2D eigenvalue weighted by Gasteiger charge is 2.25. The first-order chi connectivity index (χ1) is 9.56. The zero-order valence-electron chi connectivity index (χ0n) is 12.0. The first-order valence-electron chi connectivity index (χ1n) is 6.92. The number of carbonyl (C=O) groups excluding carboxylic acids is 2. The number of amides is 2. The molecule has 1 aromatic rings. The number of nitrogens with one attached hydrogen (secondary N) is 2. The monoisotopic (exact) mass is 275 g/mol. The highest BCUT2D eigenvalue weighted by molar-refractivity contribution is 5.95. The summed E-state index contributed by atoms with van der Waals surface area (Å²) < 4.78 is 0. The van der Waals surface area contributed by atoms with Crippen LogP contribution in [0.4, 0.5) is 10.5 Å². The van der Waals surface area contributed by atoms with Crippen LogP contribution in [-0.2, 0) is 0 Å². The molecule has 0 heterocycles. The van der Waals surface area contributed by atoms with Gasteiger partial charge in [0, 0.05) is 30.4 Å². The molecular weight excluding hydrogens is 254 g/mol. The molecule has 0 saturated heterocycles. The van der Waals surface area contributed by atoms with E-state index in [0.29, 0.717) is 23.8 Å². The Morgan fingerprint density at radius 2 is 1.90 bits per heavy atom. The Bertz CT molecular complexity index is 480. The Balaban J connectivity index is 1.71. The van der Waals surface area contributed by atoms with Gasteiger partial charge in [0.1, 0.15) is 0 Å². The van der Waals surface area contributed by atoms with Crippen molar-refractivity contribution in [2.45, 2.75) is 25.8 Å². The number of anilines is 1. The maximum absolute atomic E-state index is 11.7. The Morgan fingerprint density at radius 3 is 2.45 bits per heavy atom. The number of nitrogens with zero attached hydrogens (tertiary/aromatic N) is 1. The van der Waals surface area contributed by atoms with E-state index in [9.17, 15) is 9.59 Å². The average Bonchev–Trinajstić information content (AvgIpc) is 3.23. The summed E-state index contributed by atoms with van der Waals surface area (Å²) in [6.45, 7) is 3.01. The van der Waals surface area contributed by atoms with E-state index in [-0.39, 0.29) is 11.8 Å². The van der Waals surface area contributed by atoms with Crippen molar-refractivity contribution in [1.82, 2.24) is 10.2 Å². The molecule has 1 aliphatic rings. The highest BCUT2D eigenvalue weighted by Crippen LogP contribution is 2.24. The third-order valence-electron chi connectivity index (χ3n) is 3.47. The molecule has 1 aliphatic carbocycles. The van der Waals surface area contributed by atoms with E-state index in [4.69, 9.17) is 0 Å². The van der Waals surface area contributed by atoms with Gasteiger partial charge in [0.2, 0.25) is 0 Å². The summed E-state index contributed by atoms with van der Waals surface area (Å²) in [7, 11) is 2.08. The largest absolute Gasteiger partial charge is 0.337 e. The molecule has 0 atom stereocenters. The number of urea groups is 1. The lowest BCUT2D eigenvalue weighted by molar-refractivity contribution is 0.101. The van der Waals surface area contributed by atoms with E-state index in [2.05, 4.69) is 22.6 Å². The number of rotatable bonds is 6. The van der Waals surface area contributed by atoms with Gasteiger partial charge in [0.25, 0.3) is 0 Å². The summed E-state index contributed by atoms with van der Waals surface area (Å²) in [4.78, 5) is 25.1. The van der Waals surface area contributed by atoms with Crippen molar-refractivity contribution >= 4 is 17.5 Å². The molecule has 0 radical (unpaired) electrons. The lowest BCUT2D eigenvalue weighted by atomic mass is 10.1. The van der Waals surface area contributed by atoms with E-state index >= 15 is 0 Å². The van der Waals surface area contributed by atoms with Gasteiger partial charge >= 0.3 is 6.03 Å². The van der Waals surface area contributed by atoms with E-state index < -0.39 is 0 Å². The molecule has 0 aromatic heterocycles. The fourth-order valence-corrected chi connectivity index (χ4v) is 2.01. The van der Waals surface area contributed by atoms with Crippen LogP contribution in [0.1, 0.15) is 30.1 Å². The Morgan fingerprint density at radius 1 is 1.25 bits per heavy atom. The number of ketones is 1. The van der Waals surface area contributed by atoms with Crippen molar-refractivity contribution in [1.29, 1.82) is 0 Å². The molecule has 1 saturated carbocycles. The molecule has 0 unspecified atom stereocenters.